The standard InChI is InChI=1S/C30H32BrN3O6/c1-39-23-14-12-21(13-15-23)20-34-29(37)25-9-5-10-26(35)28(25)33(30(34)38)17-6-18-40-24-8-4-7-22(19-24)32-27(36)11-2-3-16-31/h4-5,7-10,12-15,19,35H,2-3,6,11,16-18,20H2,1H3,(H,32,36). The fourth-order valence-corrected chi connectivity index (χ4v) is 4.80. The van der Waals surface area contributed by atoms with Gasteiger partial charge in [0.15, 0.2) is 0 Å². The second kappa shape index (κ2) is 13.8. The number of methoxy groups -OCH3 is 1. The van der Waals surface area contributed by atoms with E-state index in [9.17, 15) is 19.5 Å². The Kier molecular flexibility index (Phi) is 10.0. The number of benzene rings is 3. The van der Waals surface area contributed by atoms with Gasteiger partial charge in [-0.25, -0.2) is 4.79 Å². The number of nitrogens with one attached hydrogen (secondary N) is 1. The predicted octanol–water partition coefficient (Wildman–Crippen LogP) is 4.90. The Bertz CT molecular complexity index is 1580. The predicted molar refractivity (Wildman–Crippen MR) is 159 cm³/mol. The Labute approximate surface area is 240 Å². The Morgan fingerprint density at radius 2 is 1.73 bits per heavy atom. The number of phenols is 1. The molecule has 0 saturated carbocycles. The van der Waals surface area contributed by atoms with Crippen molar-refractivity contribution in [1.29, 1.82) is 0 Å². The van der Waals surface area contributed by atoms with Gasteiger partial charge in [-0.05, 0) is 61.2 Å². The third kappa shape index (κ3) is 7.12. The van der Waals surface area contributed by atoms with Crippen LogP contribution in [-0.4, -0.2) is 39.2 Å². The van der Waals surface area contributed by atoms with E-state index in [-0.39, 0.29) is 42.3 Å². The maximum absolute atomic E-state index is 13.5. The largest absolute Gasteiger partial charge is 0.506 e. The molecule has 0 aliphatic rings. The maximum atomic E-state index is 13.5. The van der Waals surface area contributed by atoms with Crippen LogP contribution in [0, 0.1) is 0 Å². The van der Waals surface area contributed by atoms with Gasteiger partial charge in [-0.15, -0.1) is 0 Å². The molecular weight excluding hydrogens is 578 g/mol. The number of carbonyl (C=O) groups is 1. The summed E-state index contributed by atoms with van der Waals surface area (Å²) in [5.74, 6) is 1.08. The van der Waals surface area contributed by atoms with Crippen LogP contribution in [0.5, 0.6) is 17.2 Å². The van der Waals surface area contributed by atoms with Crippen LogP contribution in [0.4, 0.5) is 5.69 Å². The zero-order valence-electron chi connectivity index (χ0n) is 22.3. The number of aromatic hydroxyl groups is 1. The number of para-hydroxylation sites is 1. The number of rotatable bonds is 13. The highest BCUT2D eigenvalue weighted by atomic mass is 79.9. The van der Waals surface area contributed by atoms with E-state index in [1.807, 2.05) is 0 Å². The van der Waals surface area contributed by atoms with Gasteiger partial charge in [0.25, 0.3) is 5.56 Å². The van der Waals surface area contributed by atoms with Crippen LogP contribution in [0.3, 0.4) is 0 Å². The molecule has 9 nitrogen and oxygen atoms in total. The van der Waals surface area contributed by atoms with E-state index >= 15 is 0 Å². The molecule has 2 N–H and O–H groups in total. The van der Waals surface area contributed by atoms with Gasteiger partial charge in [-0.3, -0.25) is 18.7 Å². The summed E-state index contributed by atoms with van der Waals surface area (Å²) in [6.45, 7) is 0.583. The summed E-state index contributed by atoms with van der Waals surface area (Å²) in [4.78, 5) is 38.9. The molecule has 1 aromatic heterocycles. The molecule has 0 aliphatic heterocycles. The van der Waals surface area contributed by atoms with Crippen molar-refractivity contribution in [3.8, 4) is 17.2 Å². The van der Waals surface area contributed by atoms with Crippen molar-refractivity contribution in [3.63, 3.8) is 0 Å². The monoisotopic (exact) mass is 609 g/mol. The molecule has 0 aliphatic carbocycles. The number of alkyl halides is 1. The molecule has 1 heterocycles. The molecule has 1 amide bonds. The minimum atomic E-state index is -0.514. The topological polar surface area (TPSA) is 112 Å². The number of unbranched alkanes of at least 4 members (excludes halogenated alkanes) is 1. The van der Waals surface area contributed by atoms with Crippen LogP contribution >= 0.6 is 15.9 Å². The highest BCUT2D eigenvalue weighted by Gasteiger charge is 2.16. The number of carbonyl (C=O) groups excluding carboxylic acids is 1. The van der Waals surface area contributed by atoms with E-state index in [0.717, 1.165) is 23.7 Å². The number of nitrogens with zero attached hydrogens (tertiary/aromatic N) is 2. The number of fused-ring (bicyclic) bond motifs is 1. The van der Waals surface area contributed by atoms with Crippen molar-refractivity contribution in [3.05, 3.63) is 93.1 Å². The van der Waals surface area contributed by atoms with Crippen molar-refractivity contribution in [2.45, 2.75) is 38.8 Å². The van der Waals surface area contributed by atoms with Crippen LogP contribution in [0.25, 0.3) is 10.9 Å². The highest BCUT2D eigenvalue weighted by molar-refractivity contribution is 9.09. The average molecular weight is 611 g/mol. The molecule has 4 aromatic rings. The summed E-state index contributed by atoms with van der Waals surface area (Å²) in [6.07, 6.45) is 2.64. The third-order valence-electron chi connectivity index (χ3n) is 6.42. The van der Waals surface area contributed by atoms with Crippen LogP contribution < -0.4 is 26.0 Å². The second-order valence-electron chi connectivity index (χ2n) is 9.27. The van der Waals surface area contributed by atoms with Gasteiger partial charge in [0.1, 0.15) is 22.8 Å². The first kappa shape index (κ1) is 28.9. The van der Waals surface area contributed by atoms with Crippen molar-refractivity contribution < 1.29 is 19.4 Å². The van der Waals surface area contributed by atoms with E-state index in [0.29, 0.717) is 30.0 Å². The Balaban J connectivity index is 1.48. The van der Waals surface area contributed by atoms with Gasteiger partial charge in [0.2, 0.25) is 5.91 Å². The molecule has 0 radical (unpaired) electrons. The first-order chi connectivity index (χ1) is 19.4. The summed E-state index contributed by atoms with van der Waals surface area (Å²) in [5, 5.41) is 14.6. The number of aromatic nitrogens is 2. The SMILES string of the molecule is COc1ccc(Cn2c(=O)c3cccc(O)c3n(CCCOc3cccc(NC(=O)CCCCBr)c3)c2=O)cc1. The van der Waals surface area contributed by atoms with Crippen molar-refractivity contribution >= 4 is 38.4 Å². The molecule has 0 bridgehead atoms. The summed E-state index contributed by atoms with van der Waals surface area (Å²) in [5.41, 5.74) is 0.640. The van der Waals surface area contributed by atoms with E-state index in [2.05, 4.69) is 21.2 Å². The smallest absolute Gasteiger partial charge is 0.331 e. The minimum Gasteiger partial charge on any atom is -0.506 e. The van der Waals surface area contributed by atoms with Crippen LogP contribution in [-0.2, 0) is 17.9 Å². The first-order valence-electron chi connectivity index (χ1n) is 13.1. The van der Waals surface area contributed by atoms with Crippen LogP contribution in [0.15, 0.2) is 76.3 Å². The number of aryl methyl sites for hydroxylation is 1. The summed E-state index contributed by atoms with van der Waals surface area (Å²) >= 11 is 3.37. The lowest BCUT2D eigenvalue weighted by Crippen LogP contribution is -2.40. The third-order valence-corrected chi connectivity index (χ3v) is 6.98. The van der Waals surface area contributed by atoms with Crippen molar-refractivity contribution in [2.75, 3.05) is 24.4 Å². The lowest BCUT2D eigenvalue weighted by Gasteiger charge is -2.15. The number of halogens is 1. The van der Waals surface area contributed by atoms with Crippen LogP contribution in [0.2, 0.25) is 0 Å². The van der Waals surface area contributed by atoms with Crippen LogP contribution in [0.1, 0.15) is 31.2 Å². The first-order valence-corrected chi connectivity index (χ1v) is 14.2. The number of amides is 1. The number of anilines is 1. The summed E-state index contributed by atoms with van der Waals surface area (Å²) in [6, 6.07) is 18.9. The summed E-state index contributed by atoms with van der Waals surface area (Å²) in [7, 11) is 1.57. The molecule has 3 aromatic carbocycles. The fraction of sp³-hybridized carbons (Fsp3) is 0.300. The molecule has 0 saturated heterocycles. The number of ether oxygens (including phenoxy) is 2. The Hall–Kier alpha value is -4.05. The van der Waals surface area contributed by atoms with E-state index in [1.165, 1.54) is 15.2 Å². The maximum Gasteiger partial charge on any atom is 0.331 e. The quantitative estimate of drug-likeness (QED) is 0.165. The average Bonchev–Trinajstić information content (AvgIpc) is 2.96. The van der Waals surface area contributed by atoms with Crippen molar-refractivity contribution in [1.82, 2.24) is 9.13 Å². The molecular formula is C30H32BrN3O6. The van der Waals surface area contributed by atoms with E-state index in [4.69, 9.17) is 9.47 Å². The highest BCUT2D eigenvalue weighted by Crippen LogP contribution is 2.22. The van der Waals surface area contributed by atoms with Gasteiger partial charge in [0.05, 0.1) is 25.6 Å². The molecule has 0 fully saturated rings. The molecule has 4 rings (SSSR count). The lowest BCUT2D eigenvalue weighted by molar-refractivity contribution is -0.116. The number of hydrogen-bond donors (Lipinski definition) is 2. The summed E-state index contributed by atoms with van der Waals surface area (Å²) < 4.78 is 13.7. The van der Waals surface area contributed by atoms with Gasteiger partial charge in [-0.2, -0.15) is 0 Å². The van der Waals surface area contributed by atoms with Gasteiger partial charge in [0, 0.05) is 30.0 Å². The Morgan fingerprint density at radius 3 is 2.48 bits per heavy atom. The molecule has 0 unspecified atom stereocenters. The Morgan fingerprint density at radius 1 is 0.950 bits per heavy atom. The molecule has 0 atom stereocenters. The van der Waals surface area contributed by atoms with Gasteiger partial charge in [-0.1, -0.05) is 40.2 Å². The molecule has 0 spiro atoms. The number of phenolic OH excluding ortho intramolecular Hbond substituents is 1. The minimum absolute atomic E-state index is 0.0473. The zero-order valence-corrected chi connectivity index (χ0v) is 23.9. The number of hydrogen-bond acceptors (Lipinski definition) is 6. The lowest BCUT2D eigenvalue weighted by atomic mass is 10.2. The van der Waals surface area contributed by atoms with E-state index < -0.39 is 11.2 Å². The van der Waals surface area contributed by atoms with E-state index in [1.54, 1.807) is 67.8 Å². The van der Waals surface area contributed by atoms with Gasteiger partial charge < -0.3 is 19.9 Å². The molecule has 210 valence electrons. The second-order valence-corrected chi connectivity index (χ2v) is 10.1. The normalized spacial score (nSPS) is 10.9. The molecule has 40 heavy (non-hydrogen) atoms. The van der Waals surface area contributed by atoms with Gasteiger partial charge >= 0.3 is 5.69 Å². The molecule has 10 heteroatoms. The zero-order chi connectivity index (χ0) is 28.5. The van der Waals surface area contributed by atoms with Crippen molar-refractivity contribution in [2.24, 2.45) is 0 Å². The fourth-order valence-electron chi connectivity index (χ4n) is 4.40.